The zero-order valence-electron chi connectivity index (χ0n) is 16.2. The molecule has 0 heterocycles. The molecular weight excluding hydrogens is 348 g/mol. The molecular formula is C29H18. The minimum absolute atomic E-state index is 1.30. The third-order valence-corrected chi connectivity index (χ3v) is 6.62. The van der Waals surface area contributed by atoms with Crippen LogP contribution in [0.4, 0.5) is 0 Å². The van der Waals surface area contributed by atoms with E-state index in [0.29, 0.717) is 0 Å². The van der Waals surface area contributed by atoms with Gasteiger partial charge in [-0.3, -0.25) is 0 Å². The van der Waals surface area contributed by atoms with Crippen LogP contribution < -0.4 is 0 Å². The summed E-state index contributed by atoms with van der Waals surface area (Å²) in [5.74, 6) is 0. The molecule has 0 spiro atoms. The molecule has 29 heavy (non-hydrogen) atoms. The summed E-state index contributed by atoms with van der Waals surface area (Å²) >= 11 is 0. The van der Waals surface area contributed by atoms with Gasteiger partial charge in [-0.15, -0.1) is 0 Å². The molecule has 0 aromatic heterocycles. The molecule has 0 aliphatic heterocycles. The fourth-order valence-corrected chi connectivity index (χ4v) is 5.34. The maximum absolute atomic E-state index is 2.39. The average Bonchev–Trinajstić information content (AvgIpc) is 2.75. The van der Waals surface area contributed by atoms with Crippen LogP contribution in [0.3, 0.4) is 0 Å². The molecule has 7 rings (SSSR count). The molecule has 0 saturated heterocycles. The van der Waals surface area contributed by atoms with Gasteiger partial charge in [-0.25, -0.2) is 0 Å². The molecule has 0 bridgehead atoms. The van der Waals surface area contributed by atoms with Crippen molar-refractivity contribution in [1.82, 2.24) is 0 Å². The molecule has 0 atom stereocenters. The Morgan fingerprint density at radius 2 is 0.966 bits per heavy atom. The monoisotopic (exact) mass is 366 g/mol. The molecule has 0 amide bonds. The lowest BCUT2D eigenvalue weighted by Gasteiger charge is -2.18. The molecule has 0 fully saturated rings. The van der Waals surface area contributed by atoms with Gasteiger partial charge < -0.3 is 0 Å². The fourth-order valence-electron chi connectivity index (χ4n) is 5.34. The van der Waals surface area contributed by atoms with E-state index in [4.69, 9.17) is 0 Å². The number of hydrogen-bond donors (Lipinski definition) is 0. The Bertz CT molecular complexity index is 1700. The van der Waals surface area contributed by atoms with Crippen LogP contribution in [0, 0.1) is 6.92 Å². The first kappa shape index (κ1) is 15.3. The van der Waals surface area contributed by atoms with E-state index in [1.807, 2.05) is 0 Å². The average molecular weight is 366 g/mol. The second kappa shape index (κ2) is 5.24. The lowest BCUT2D eigenvalue weighted by atomic mass is 9.85. The third kappa shape index (κ3) is 1.93. The van der Waals surface area contributed by atoms with Gasteiger partial charge in [-0.2, -0.15) is 0 Å². The lowest BCUT2D eigenvalue weighted by Crippen LogP contribution is -1.90. The zero-order chi connectivity index (χ0) is 19.1. The van der Waals surface area contributed by atoms with Crippen LogP contribution >= 0.6 is 0 Å². The van der Waals surface area contributed by atoms with E-state index < -0.39 is 0 Å². The zero-order valence-corrected chi connectivity index (χ0v) is 16.2. The molecule has 0 heteroatoms. The van der Waals surface area contributed by atoms with Gasteiger partial charge >= 0.3 is 0 Å². The van der Waals surface area contributed by atoms with Crippen molar-refractivity contribution in [3.8, 4) is 11.1 Å². The molecule has 0 nitrogen and oxygen atoms in total. The van der Waals surface area contributed by atoms with Crippen molar-refractivity contribution in [2.75, 3.05) is 0 Å². The van der Waals surface area contributed by atoms with Gasteiger partial charge in [0.1, 0.15) is 0 Å². The maximum Gasteiger partial charge on any atom is -0.00141 e. The first-order valence-corrected chi connectivity index (χ1v) is 10.2. The van der Waals surface area contributed by atoms with Crippen LogP contribution in [0.1, 0.15) is 5.56 Å². The highest BCUT2D eigenvalue weighted by Gasteiger charge is 2.16. The van der Waals surface area contributed by atoms with E-state index in [2.05, 4.69) is 97.9 Å². The highest BCUT2D eigenvalue weighted by Crippen LogP contribution is 2.44. The molecule has 0 radical (unpaired) electrons. The van der Waals surface area contributed by atoms with E-state index >= 15 is 0 Å². The van der Waals surface area contributed by atoms with Gasteiger partial charge in [0.25, 0.3) is 0 Å². The van der Waals surface area contributed by atoms with Crippen molar-refractivity contribution < 1.29 is 0 Å². The van der Waals surface area contributed by atoms with E-state index in [9.17, 15) is 0 Å². The number of benzene rings is 7. The van der Waals surface area contributed by atoms with Crippen LogP contribution in [0.2, 0.25) is 0 Å². The van der Waals surface area contributed by atoms with Crippen LogP contribution in [0.25, 0.3) is 65.0 Å². The van der Waals surface area contributed by atoms with E-state index in [1.54, 1.807) is 0 Å². The highest BCUT2D eigenvalue weighted by atomic mass is 14.2. The summed E-state index contributed by atoms with van der Waals surface area (Å²) in [6.45, 7) is 2.19. The molecule has 7 aromatic carbocycles. The van der Waals surface area contributed by atoms with Crippen molar-refractivity contribution >= 4 is 53.9 Å². The Hall–Kier alpha value is -3.64. The first-order chi connectivity index (χ1) is 14.3. The van der Waals surface area contributed by atoms with E-state index in [1.165, 1.54) is 70.6 Å². The first-order valence-electron chi connectivity index (χ1n) is 10.2. The second-order valence-corrected chi connectivity index (χ2v) is 8.27. The normalized spacial score (nSPS) is 12.3. The molecule has 0 aliphatic rings. The van der Waals surface area contributed by atoms with Crippen molar-refractivity contribution in [1.29, 1.82) is 0 Å². The molecule has 0 N–H and O–H groups in total. The molecule has 0 saturated carbocycles. The third-order valence-electron chi connectivity index (χ3n) is 6.62. The Morgan fingerprint density at radius 3 is 1.76 bits per heavy atom. The van der Waals surface area contributed by atoms with Gasteiger partial charge in [-0.1, -0.05) is 66.7 Å². The van der Waals surface area contributed by atoms with Gasteiger partial charge in [0.15, 0.2) is 0 Å². The van der Waals surface area contributed by atoms with Gasteiger partial charge in [0, 0.05) is 0 Å². The SMILES string of the molecule is Cc1ccccc1-c1cc2ccc3cc4cccc5ccc6cc(c1)c2c3c6c54. The minimum Gasteiger partial charge on any atom is -0.0620 e. The fraction of sp³-hybridized carbons (Fsp3) is 0.0345. The Morgan fingerprint density at radius 1 is 0.414 bits per heavy atom. The molecule has 7 aromatic rings. The van der Waals surface area contributed by atoms with Crippen molar-refractivity contribution in [2.45, 2.75) is 6.92 Å². The summed E-state index contributed by atoms with van der Waals surface area (Å²) in [4.78, 5) is 0. The van der Waals surface area contributed by atoms with Crippen molar-refractivity contribution in [3.05, 3.63) is 96.6 Å². The summed E-state index contributed by atoms with van der Waals surface area (Å²) < 4.78 is 0. The standard InChI is InChI=1S/C29H18/c1-17-5-2-3-8-25(17)23-14-20-11-12-21-13-19-7-4-6-18-9-10-22-15-24(16-23)27(20)29(21)28(22)26(18)19/h2-16H,1H3. The van der Waals surface area contributed by atoms with Crippen molar-refractivity contribution in [2.24, 2.45) is 0 Å². The van der Waals surface area contributed by atoms with Crippen LogP contribution in [0.5, 0.6) is 0 Å². The van der Waals surface area contributed by atoms with Crippen molar-refractivity contribution in [3.63, 3.8) is 0 Å². The molecule has 0 aliphatic carbocycles. The second-order valence-electron chi connectivity index (χ2n) is 8.27. The Balaban J connectivity index is 1.73. The highest BCUT2D eigenvalue weighted by molar-refractivity contribution is 6.36. The lowest BCUT2D eigenvalue weighted by molar-refractivity contribution is 1.47. The predicted molar refractivity (Wildman–Crippen MR) is 127 cm³/mol. The number of rotatable bonds is 1. The summed E-state index contributed by atoms with van der Waals surface area (Å²) in [5.41, 5.74) is 3.93. The van der Waals surface area contributed by atoms with Crippen LogP contribution in [0.15, 0.2) is 91.0 Å². The van der Waals surface area contributed by atoms with E-state index in [0.717, 1.165) is 0 Å². The summed E-state index contributed by atoms with van der Waals surface area (Å²) in [5, 5.41) is 13.6. The Kier molecular flexibility index (Phi) is 2.77. The summed E-state index contributed by atoms with van der Waals surface area (Å²) in [7, 11) is 0. The quantitative estimate of drug-likeness (QED) is 0.202. The smallest absolute Gasteiger partial charge is 0.00141 e. The van der Waals surface area contributed by atoms with Gasteiger partial charge in [0.05, 0.1) is 0 Å². The molecule has 134 valence electrons. The Labute approximate surface area is 168 Å². The van der Waals surface area contributed by atoms with Gasteiger partial charge in [-0.05, 0) is 102 Å². The number of aryl methyl sites for hydroxylation is 1. The van der Waals surface area contributed by atoms with Gasteiger partial charge in [0.2, 0.25) is 0 Å². The van der Waals surface area contributed by atoms with Crippen LogP contribution in [-0.4, -0.2) is 0 Å². The number of hydrogen-bond acceptors (Lipinski definition) is 0. The summed E-state index contributed by atoms with van der Waals surface area (Å²) in [6.07, 6.45) is 0. The largest absolute Gasteiger partial charge is 0.0620 e. The minimum atomic E-state index is 1.30. The topological polar surface area (TPSA) is 0 Å². The van der Waals surface area contributed by atoms with Crippen LogP contribution in [-0.2, 0) is 0 Å². The molecule has 0 unspecified atom stereocenters. The predicted octanol–water partition coefficient (Wildman–Crippen LogP) is 8.30. The maximum atomic E-state index is 2.39. The van der Waals surface area contributed by atoms with E-state index in [-0.39, 0.29) is 0 Å². The summed E-state index contributed by atoms with van der Waals surface area (Å²) in [6, 6.07) is 33.9.